The van der Waals surface area contributed by atoms with Gasteiger partial charge in [-0.15, -0.1) is 11.3 Å². The summed E-state index contributed by atoms with van der Waals surface area (Å²) in [6.45, 7) is 2.22. The summed E-state index contributed by atoms with van der Waals surface area (Å²) < 4.78 is 18.7. The number of carbonyl (C=O) groups excluding carboxylic acids is 2. The number of anilines is 2. The second-order valence-electron chi connectivity index (χ2n) is 6.54. The van der Waals surface area contributed by atoms with Gasteiger partial charge in [-0.1, -0.05) is 12.1 Å². The van der Waals surface area contributed by atoms with Gasteiger partial charge in [-0.3, -0.25) is 9.59 Å². The number of thiophene rings is 1. The van der Waals surface area contributed by atoms with Crippen LogP contribution in [0.1, 0.15) is 22.2 Å². The van der Waals surface area contributed by atoms with Crippen LogP contribution in [0.4, 0.5) is 15.8 Å². The van der Waals surface area contributed by atoms with Gasteiger partial charge >= 0.3 is 0 Å². The van der Waals surface area contributed by atoms with Crippen LogP contribution >= 0.6 is 11.3 Å². The Hall–Kier alpha value is -3.39. The molecule has 1 atom stereocenters. The first-order valence-electron chi connectivity index (χ1n) is 9.28. The summed E-state index contributed by atoms with van der Waals surface area (Å²) in [6, 6.07) is 13.9. The van der Waals surface area contributed by atoms with Crippen molar-refractivity contribution in [2.24, 2.45) is 0 Å². The van der Waals surface area contributed by atoms with Gasteiger partial charge in [0.05, 0.1) is 19.3 Å². The van der Waals surface area contributed by atoms with E-state index >= 15 is 0 Å². The first-order valence-corrected chi connectivity index (χ1v) is 10.2. The molecule has 2 amide bonds. The molecule has 6 nitrogen and oxygen atoms in total. The highest BCUT2D eigenvalue weighted by atomic mass is 32.1. The molecular formula is C22H22FN3O3S. The number of methoxy groups -OCH3 is 1. The van der Waals surface area contributed by atoms with E-state index in [-0.39, 0.29) is 11.5 Å². The first-order chi connectivity index (χ1) is 14.5. The van der Waals surface area contributed by atoms with Crippen LogP contribution in [0.15, 0.2) is 60.0 Å². The van der Waals surface area contributed by atoms with Crippen molar-refractivity contribution < 1.29 is 18.7 Å². The molecule has 156 valence electrons. The van der Waals surface area contributed by atoms with E-state index in [2.05, 4.69) is 16.0 Å². The monoisotopic (exact) mass is 427 g/mol. The maximum atomic E-state index is 13.4. The lowest BCUT2D eigenvalue weighted by molar-refractivity contribution is -0.121. The summed E-state index contributed by atoms with van der Waals surface area (Å²) in [5.74, 6) is -0.663. The minimum Gasteiger partial charge on any atom is -0.495 e. The number of hydrogen-bond acceptors (Lipinski definition) is 5. The standard InChI is InChI=1S/C22H22FN3O3S/c1-14(21(27)24-13-18-7-4-10-30-18)25-17-8-9-20(29-2)19(12-17)26-22(28)15-5-3-6-16(23)11-15/h3-12,14,25H,13H2,1-2H3,(H,24,27)(H,26,28). The molecule has 30 heavy (non-hydrogen) atoms. The zero-order chi connectivity index (χ0) is 21.5. The molecule has 3 aromatic rings. The molecule has 2 aromatic carbocycles. The van der Waals surface area contributed by atoms with Crippen molar-refractivity contribution in [3.63, 3.8) is 0 Å². The molecule has 8 heteroatoms. The average molecular weight is 428 g/mol. The smallest absolute Gasteiger partial charge is 0.255 e. The average Bonchev–Trinajstić information content (AvgIpc) is 3.26. The topological polar surface area (TPSA) is 79.5 Å². The third-order valence-corrected chi connectivity index (χ3v) is 5.20. The van der Waals surface area contributed by atoms with Crippen LogP contribution in [0.3, 0.4) is 0 Å². The van der Waals surface area contributed by atoms with Gasteiger partial charge in [0, 0.05) is 16.1 Å². The van der Waals surface area contributed by atoms with Gasteiger partial charge in [0.1, 0.15) is 17.6 Å². The predicted octanol–water partition coefficient (Wildman–Crippen LogP) is 4.26. The number of benzene rings is 2. The Kier molecular flexibility index (Phi) is 7.03. The Balaban J connectivity index is 1.67. The van der Waals surface area contributed by atoms with E-state index in [1.807, 2.05) is 17.5 Å². The van der Waals surface area contributed by atoms with Crippen LogP contribution in [0.25, 0.3) is 0 Å². The molecular weight excluding hydrogens is 405 g/mol. The number of amides is 2. The van der Waals surface area contributed by atoms with Crippen molar-refractivity contribution in [1.29, 1.82) is 0 Å². The highest BCUT2D eigenvalue weighted by Gasteiger charge is 2.15. The number of rotatable bonds is 8. The van der Waals surface area contributed by atoms with Crippen LogP contribution in [0, 0.1) is 5.82 Å². The molecule has 0 saturated carbocycles. The molecule has 3 rings (SSSR count). The molecule has 0 saturated heterocycles. The summed E-state index contributed by atoms with van der Waals surface area (Å²) in [5, 5.41) is 10.7. The molecule has 1 aromatic heterocycles. The molecule has 3 N–H and O–H groups in total. The molecule has 0 spiro atoms. The Morgan fingerprint density at radius 2 is 1.97 bits per heavy atom. The second-order valence-corrected chi connectivity index (χ2v) is 7.57. The summed E-state index contributed by atoms with van der Waals surface area (Å²) in [5.41, 5.74) is 1.23. The Bertz CT molecular complexity index is 1020. The number of halogens is 1. The van der Waals surface area contributed by atoms with Gasteiger partial charge in [-0.25, -0.2) is 4.39 Å². The van der Waals surface area contributed by atoms with E-state index < -0.39 is 17.8 Å². The number of hydrogen-bond donors (Lipinski definition) is 3. The largest absolute Gasteiger partial charge is 0.495 e. The fourth-order valence-corrected chi connectivity index (χ4v) is 3.42. The summed E-state index contributed by atoms with van der Waals surface area (Å²) in [4.78, 5) is 25.9. The highest BCUT2D eigenvalue weighted by molar-refractivity contribution is 7.09. The van der Waals surface area contributed by atoms with Crippen LogP contribution in [-0.4, -0.2) is 25.0 Å². The molecule has 0 bridgehead atoms. The third-order valence-electron chi connectivity index (χ3n) is 4.33. The van der Waals surface area contributed by atoms with E-state index in [9.17, 15) is 14.0 Å². The maximum Gasteiger partial charge on any atom is 0.255 e. The van der Waals surface area contributed by atoms with Gasteiger partial charge in [-0.2, -0.15) is 0 Å². The Labute approximate surface area is 178 Å². The fraction of sp³-hybridized carbons (Fsp3) is 0.182. The number of nitrogens with one attached hydrogen (secondary N) is 3. The van der Waals surface area contributed by atoms with E-state index in [4.69, 9.17) is 4.74 Å². The van der Waals surface area contributed by atoms with E-state index in [0.29, 0.717) is 23.7 Å². The fourth-order valence-electron chi connectivity index (χ4n) is 2.78. The van der Waals surface area contributed by atoms with Gasteiger partial charge in [0.15, 0.2) is 0 Å². The molecule has 0 aliphatic heterocycles. The van der Waals surface area contributed by atoms with Crippen LogP contribution < -0.4 is 20.7 Å². The van der Waals surface area contributed by atoms with Crippen LogP contribution in [0.5, 0.6) is 5.75 Å². The van der Waals surface area contributed by atoms with Crippen molar-refractivity contribution >= 4 is 34.5 Å². The van der Waals surface area contributed by atoms with Crippen LogP contribution in [0.2, 0.25) is 0 Å². The Morgan fingerprint density at radius 3 is 2.67 bits per heavy atom. The van der Waals surface area contributed by atoms with E-state index in [0.717, 1.165) is 10.9 Å². The van der Waals surface area contributed by atoms with Gasteiger partial charge in [0.25, 0.3) is 5.91 Å². The van der Waals surface area contributed by atoms with Gasteiger partial charge in [-0.05, 0) is 54.8 Å². The minimum atomic E-state index is -0.495. The quantitative estimate of drug-likeness (QED) is 0.502. The summed E-state index contributed by atoms with van der Waals surface area (Å²) >= 11 is 1.58. The molecule has 0 radical (unpaired) electrons. The SMILES string of the molecule is COc1ccc(NC(C)C(=O)NCc2cccs2)cc1NC(=O)c1cccc(F)c1. The lowest BCUT2D eigenvalue weighted by atomic mass is 10.2. The number of carbonyl (C=O) groups is 2. The molecule has 0 aliphatic carbocycles. The van der Waals surface area contributed by atoms with Crippen LogP contribution in [-0.2, 0) is 11.3 Å². The Morgan fingerprint density at radius 1 is 1.13 bits per heavy atom. The molecule has 1 heterocycles. The van der Waals surface area contributed by atoms with Crippen molar-refractivity contribution in [3.8, 4) is 5.75 Å². The number of ether oxygens (including phenoxy) is 1. The highest BCUT2D eigenvalue weighted by Crippen LogP contribution is 2.28. The lowest BCUT2D eigenvalue weighted by Crippen LogP contribution is -2.37. The maximum absolute atomic E-state index is 13.4. The van der Waals surface area contributed by atoms with Crippen molar-refractivity contribution in [2.75, 3.05) is 17.7 Å². The molecule has 0 aliphatic rings. The zero-order valence-corrected chi connectivity index (χ0v) is 17.4. The van der Waals surface area contributed by atoms with Crippen molar-refractivity contribution in [2.45, 2.75) is 19.5 Å². The first kappa shape index (κ1) is 21.3. The van der Waals surface area contributed by atoms with E-state index in [1.165, 1.54) is 25.3 Å². The van der Waals surface area contributed by atoms with Gasteiger partial charge in [0.2, 0.25) is 5.91 Å². The zero-order valence-electron chi connectivity index (χ0n) is 16.6. The predicted molar refractivity (Wildman–Crippen MR) is 117 cm³/mol. The third kappa shape index (κ3) is 5.57. The normalized spacial score (nSPS) is 11.4. The molecule has 1 unspecified atom stereocenters. The summed E-state index contributed by atoms with van der Waals surface area (Å²) in [6.07, 6.45) is 0. The second kappa shape index (κ2) is 9.89. The van der Waals surface area contributed by atoms with Crippen molar-refractivity contribution in [3.05, 3.63) is 76.2 Å². The van der Waals surface area contributed by atoms with E-state index in [1.54, 1.807) is 36.5 Å². The molecule has 0 fully saturated rings. The lowest BCUT2D eigenvalue weighted by Gasteiger charge is -2.17. The summed E-state index contributed by atoms with van der Waals surface area (Å²) in [7, 11) is 1.49. The van der Waals surface area contributed by atoms with Crippen molar-refractivity contribution in [1.82, 2.24) is 5.32 Å². The minimum absolute atomic E-state index is 0.149. The van der Waals surface area contributed by atoms with Gasteiger partial charge < -0.3 is 20.7 Å².